The van der Waals surface area contributed by atoms with Crippen molar-refractivity contribution >= 4 is 29.3 Å². The minimum atomic E-state index is -0.765. The van der Waals surface area contributed by atoms with E-state index in [-0.39, 0.29) is 12.5 Å². The van der Waals surface area contributed by atoms with E-state index in [1.165, 1.54) is 11.1 Å². The average Bonchev–Trinajstić information content (AvgIpc) is 3.25. The normalized spacial score (nSPS) is 11.8. The molecule has 1 atom stereocenters. The molecule has 5 nitrogen and oxygen atoms in total. The topological polar surface area (TPSA) is 59.8 Å². The Hall–Kier alpha value is -3.09. The summed E-state index contributed by atoms with van der Waals surface area (Å²) in [7, 11) is 0. The third-order valence-electron chi connectivity index (χ3n) is 4.95. The molecule has 0 radical (unpaired) electrons. The number of hydrogen-bond donors (Lipinski definition) is 1. The van der Waals surface area contributed by atoms with Gasteiger partial charge >= 0.3 is 0 Å². The van der Waals surface area contributed by atoms with E-state index in [4.69, 9.17) is 11.6 Å². The van der Waals surface area contributed by atoms with E-state index in [0.717, 1.165) is 22.2 Å². The molecule has 0 aliphatic rings. The second-order valence-electron chi connectivity index (χ2n) is 7.34. The van der Waals surface area contributed by atoms with Crippen molar-refractivity contribution in [2.24, 2.45) is 0 Å². The average molecular weight is 463 g/mol. The molecule has 0 fully saturated rings. The monoisotopic (exact) mass is 462 g/mol. The molecule has 1 N–H and O–H groups in total. The molecule has 0 aliphatic carbocycles. The quantitative estimate of drug-likeness (QED) is 0.279. The van der Waals surface area contributed by atoms with Gasteiger partial charge in [0.25, 0.3) is 0 Å². The first-order valence-electron chi connectivity index (χ1n) is 10.3. The van der Waals surface area contributed by atoms with Crippen LogP contribution in [-0.4, -0.2) is 20.7 Å². The van der Waals surface area contributed by atoms with Gasteiger partial charge in [0.2, 0.25) is 5.91 Å². The van der Waals surface area contributed by atoms with Crippen LogP contribution < -0.4 is 5.32 Å². The molecule has 162 valence electrons. The zero-order valence-electron chi connectivity index (χ0n) is 17.6. The number of benzene rings is 3. The Morgan fingerprint density at radius 1 is 0.969 bits per heavy atom. The fourth-order valence-corrected chi connectivity index (χ4v) is 4.36. The summed E-state index contributed by atoms with van der Waals surface area (Å²) in [5.41, 5.74) is 4.08. The van der Waals surface area contributed by atoms with Gasteiger partial charge in [-0.15, -0.1) is 21.8 Å². The van der Waals surface area contributed by atoms with Crippen LogP contribution in [0.3, 0.4) is 0 Å². The van der Waals surface area contributed by atoms with Crippen molar-refractivity contribution < 1.29 is 4.79 Å². The highest BCUT2D eigenvalue weighted by molar-refractivity contribution is 7.98. The van der Waals surface area contributed by atoms with Gasteiger partial charge in [0.05, 0.1) is 6.54 Å². The molecule has 4 rings (SSSR count). The van der Waals surface area contributed by atoms with Crippen LogP contribution in [-0.2, 0) is 17.1 Å². The van der Waals surface area contributed by atoms with Gasteiger partial charge in [-0.05, 0) is 30.2 Å². The van der Waals surface area contributed by atoms with Gasteiger partial charge in [-0.25, -0.2) is 0 Å². The number of rotatable bonds is 8. The number of carbonyl (C=O) groups is 1. The Balaban J connectivity index is 1.53. The maximum Gasteiger partial charge on any atom is 0.242 e. The summed E-state index contributed by atoms with van der Waals surface area (Å²) in [5, 5.41) is 11.7. The Morgan fingerprint density at radius 2 is 1.62 bits per heavy atom. The van der Waals surface area contributed by atoms with Gasteiger partial charge in [0.1, 0.15) is 5.38 Å². The lowest BCUT2D eigenvalue weighted by Crippen LogP contribution is -2.27. The number of nitrogens with one attached hydrogen (secondary N) is 1. The van der Waals surface area contributed by atoms with E-state index in [2.05, 4.69) is 27.6 Å². The molecule has 1 aromatic heterocycles. The van der Waals surface area contributed by atoms with Crippen LogP contribution in [0.15, 0.2) is 90.1 Å². The van der Waals surface area contributed by atoms with Gasteiger partial charge in [0.15, 0.2) is 11.0 Å². The Morgan fingerprint density at radius 3 is 2.31 bits per heavy atom. The lowest BCUT2D eigenvalue weighted by atomic mass is 10.1. The number of aryl methyl sites for hydroxylation is 1. The van der Waals surface area contributed by atoms with E-state index < -0.39 is 5.38 Å². The fraction of sp³-hybridized carbons (Fsp3) is 0.160. The molecule has 1 unspecified atom stereocenters. The zero-order chi connectivity index (χ0) is 22.3. The van der Waals surface area contributed by atoms with Crippen LogP contribution in [0.25, 0.3) is 5.69 Å². The van der Waals surface area contributed by atoms with Gasteiger partial charge < -0.3 is 5.32 Å². The van der Waals surface area contributed by atoms with Crippen molar-refractivity contribution in [1.82, 2.24) is 20.1 Å². The van der Waals surface area contributed by atoms with Crippen molar-refractivity contribution in [2.75, 3.05) is 0 Å². The molecule has 7 heteroatoms. The molecule has 0 bridgehead atoms. The molecule has 4 aromatic rings. The molecule has 0 spiro atoms. The predicted molar refractivity (Wildman–Crippen MR) is 129 cm³/mol. The van der Waals surface area contributed by atoms with Crippen LogP contribution >= 0.6 is 23.4 Å². The molecule has 0 aliphatic heterocycles. The first-order valence-corrected chi connectivity index (χ1v) is 11.7. The van der Waals surface area contributed by atoms with Gasteiger partial charge in [-0.1, -0.05) is 90.1 Å². The summed E-state index contributed by atoms with van der Waals surface area (Å²) in [6.07, 6.45) is 0. The Labute approximate surface area is 196 Å². The summed E-state index contributed by atoms with van der Waals surface area (Å²) in [4.78, 5) is 12.6. The first-order chi connectivity index (χ1) is 15.6. The van der Waals surface area contributed by atoms with E-state index in [1.807, 2.05) is 84.3 Å². The maximum atomic E-state index is 12.6. The lowest BCUT2D eigenvalue weighted by Gasteiger charge is -2.13. The summed E-state index contributed by atoms with van der Waals surface area (Å²) in [5.74, 6) is 1.15. The molecule has 0 saturated carbocycles. The molecule has 0 saturated heterocycles. The number of thioether (sulfide) groups is 1. The van der Waals surface area contributed by atoms with Crippen LogP contribution in [0.2, 0.25) is 0 Å². The first kappa shape index (κ1) is 22.1. The highest BCUT2D eigenvalue weighted by atomic mass is 35.5. The standard InChI is InChI=1S/C25H23ClN4OS/c1-18-12-14-21(15-13-18)30-22(16-27-24(31)23(26)20-10-6-3-7-11-20)28-29-25(30)32-17-19-8-4-2-5-9-19/h2-15,23H,16-17H2,1H3,(H,27,31). The van der Waals surface area contributed by atoms with E-state index >= 15 is 0 Å². The molecular formula is C25H23ClN4OS. The molecule has 1 amide bonds. The second kappa shape index (κ2) is 10.5. The Bertz CT molecular complexity index is 1160. The number of halogens is 1. The molecule has 1 heterocycles. The summed E-state index contributed by atoms with van der Waals surface area (Å²) < 4.78 is 1.99. The SMILES string of the molecule is Cc1ccc(-n2c(CNC(=O)C(Cl)c3ccccc3)nnc2SCc2ccccc2)cc1. The van der Waals surface area contributed by atoms with Crippen LogP contribution in [0.4, 0.5) is 0 Å². The molecular weight excluding hydrogens is 440 g/mol. The van der Waals surface area contributed by atoms with Crippen molar-refractivity contribution in [3.63, 3.8) is 0 Å². The minimum absolute atomic E-state index is 0.224. The van der Waals surface area contributed by atoms with Gasteiger partial charge in [0, 0.05) is 11.4 Å². The van der Waals surface area contributed by atoms with E-state index in [1.54, 1.807) is 11.8 Å². The van der Waals surface area contributed by atoms with E-state index in [9.17, 15) is 4.79 Å². The number of carbonyl (C=O) groups excluding carboxylic acids is 1. The minimum Gasteiger partial charge on any atom is -0.347 e. The number of amides is 1. The number of alkyl halides is 1. The summed E-state index contributed by atoms with van der Waals surface area (Å²) >= 11 is 7.97. The van der Waals surface area contributed by atoms with Crippen LogP contribution in [0, 0.1) is 6.92 Å². The van der Waals surface area contributed by atoms with Crippen molar-refractivity contribution in [3.05, 3.63) is 107 Å². The van der Waals surface area contributed by atoms with Crippen molar-refractivity contribution in [3.8, 4) is 5.69 Å². The molecule has 3 aromatic carbocycles. The lowest BCUT2D eigenvalue weighted by molar-refractivity contribution is -0.121. The predicted octanol–water partition coefficient (Wildman–Crippen LogP) is 5.46. The number of hydrogen-bond acceptors (Lipinski definition) is 4. The Kier molecular flexibility index (Phi) is 7.24. The molecule has 32 heavy (non-hydrogen) atoms. The second-order valence-corrected chi connectivity index (χ2v) is 8.71. The summed E-state index contributed by atoms with van der Waals surface area (Å²) in [6.45, 7) is 2.27. The highest BCUT2D eigenvalue weighted by Gasteiger charge is 2.20. The van der Waals surface area contributed by atoms with Crippen molar-refractivity contribution in [2.45, 2.75) is 29.8 Å². The third-order valence-corrected chi connectivity index (χ3v) is 6.40. The third kappa shape index (κ3) is 5.39. The van der Waals surface area contributed by atoms with Crippen molar-refractivity contribution in [1.29, 1.82) is 0 Å². The fourth-order valence-electron chi connectivity index (χ4n) is 3.21. The smallest absolute Gasteiger partial charge is 0.242 e. The van der Waals surface area contributed by atoms with Gasteiger partial charge in [-0.3, -0.25) is 9.36 Å². The van der Waals surface area contributed by atoms with Crippen LogP contribution in [0.5, 0.6) is 0 Å². The largest absolute Gasteiger partial charge is 0.347 e. The number of nitrogens with zero attached hydrogens (tertiary/aromatic N) is 3. The summed E-state index contributed by atoms with van der Waals surface area (Å²) in [6, 6.07) is 27.7. The van der Waals surface area contributed by atoms with Gasteiger partial charge in [-0.2, -0.15) is 0 Å². The van der Waals surface area contributed by atoms with E-state index in [0.29, 0.717) is 5.82 Å². The number of aromatic nitrogens is 3. The maximum absolute atomic E-state index is 12.6. The van der Waals surface area contributed by atoms with Crippen LogP contribution in [0.1, 0.15) is 27.9 Å². The highest BCUT2D eigenvalue weighted by Crippen LogP contribution is 2.26. The zero-order valence-corrected chi connectivity index (χ0v) is 19.2.